The number of benzene rings is 2. The van der Waals surface area contributed by atoms with Crippen molar-refractivity contribution in [2.45, 2.75) is 6.92 Å². The lowest BCUT2D eigenvalue weighted by atomic mass is 9.95. The molecule has 0 heterocycles. The van der Waals surface area contributed by atoms with E-state index in [0.717, 1.165) is 11.6 Å². The van der Waals surface area contributed by atoms with Gasteiger partial charge in [0, 0.05) is 12.1 Å². The fraction of sp³-hybridized carbons (Fsp3) is 0.0714. The highest BCUT2D eigenvalue weighted by Crippen LogP contribution is 2.30. The zero-order valence-corrected chi connectivity index (χ0v) is 10.2. The van der Waals surface area contributed by atoms with Gasteiger partial charge in [-0.05, 0) is 23.6 Å². The van der Waals surface area contributed by atoms with Gasteiger partial charge in [-0.2, -0.15) is 0 Å². The van der Waals surface area contributed by atoms with Crippen molar-refractivity contribution in [3.8, 4) is 11.1 Å². The van der Waals surface area contributed by atoms with Crippen molar-refractivity contribution in [3.05, 3.63) is 63.7 Å². The molecule has 1 N–H and O–H groups in total. The molecule has 0 aromatic heterocycles. The number of aromatic carboxylic acids is 1. The van der Waals surface area contributed by atoms with Crippen LogP contribution in [0.2, 0.25) is 0 Å². The standard InChI is InChI=1S/C14H11NO4/c1-9-12(10-5-3-2-4-6-10)7-11(15(18)19)8-13(9)14(16)17/h2-8H,1H3,(H,16,17). The fourth-order valence-electron chi connectivity index (χ4n) is 1.94. The van der Waals surface area contributed by atoms with Crippen molar-refractivity contribution >= 4 is 11.7 Å². The Labute approximate surface area is 109 Å². The van der Waals surface area contributed by atoms with Crippen molar-refractivity contribution in [1.82, 2.24) is 0 Å². The molecule has 5 heteroatoms. The van der Waals surface area contributed by atoms with Gasteiger partial charge in [0.1, 0.15) is 0 Å². The molecule has 0 unspecified atom stereocenters. The summed E-state index contributed by atoms with van der Waals surface area (Å²) in [5.74, 6) is -1.17. The van der Waals surface area contributed by atoms with Crippen molar-refractivity contribution < 1.29 is 14.8 Å². The lowest BCUT2D eigenvalue weighted by molar-refractivity contribution is -0.384. The molecule has 0 atom stereocenters. The number of nitrogens with zero attached hydrogens (tertiary/aromatic N) is 1. The molecular weight excluding hydrogens is 246 g/mol. The molecule has 0 aliphatic carbocycles. The van der Waals surface area contributed by atoms with Crippen LogP contribution < -0.4 is 0 Å². The summed E-state index contributed by atoms with van der Waals surface area (Å²) in [5, 5.41) is 20.0. The Morgan fingerprint density at radius 2 is 1.84 bits per heavy atom. The third-order valence-corrected chi connectivity index (χ3v) is 2.92. The van der Waals surface area contributed by atoms with Gasteiger partial charge in [-0.15, -0.1) is 0 Å². The number of nitro benzene ring substituents is 1. The van der Waals surface area contributed by atoms with Crippen LogP contribution in [0.5, 0.6) is 0 Å². The molecule has 2 rings (SSSR count). The highest BCUT2D eigenvalue weighted by atomic mass is 16.6. The molecule has 0 radical (unpaired) electrons. The predicted molar refractivity (Wildman–Crippen MR) is 70.2 cm³/mol. The van der Waals surface area contributed by atoms with Gasteiger partial charge in [0.25, 0.3) is 5.69 Å². The van der Waals surface area contributed by atoms with E-state index in [1.807, 2.05) is 6.07 Å². The Bertz CT molecular complexity index is 650. The maximum atomic E-state index is 11.2. The molecular formula is C14H11NO4. The quantitative estimate of drug-likeness (QED) is 0.675. The summed E-state index contributed by atoms with van der Waals surface area (Å²) in [6, 6.07) is 11.5. The summed E-state index contributed by atoms with van der Waals surface area (Å²) >= 11 is 0. The minimum absolute atomic E-state index is 0.0481. The van der Waals surface area contributed by atoms with E-state index in [-0.39, 0.29) is 11.3 Å². The van der Waals surface area contributed by atoms with Crippen molar-refractivity contribution in [1.29, 1.82) is 0 Å². The maximum Gasteiger partial charge on any atom is 0.336 e. The van der Waals surface area contributed by atoms with Crippen LogP contribution in [0.25, 0.3) is 11.1 Å². The smallest absolute Gasteiger partial charge is 0.336 e. The van der Waals surface area contributed by atoms with Gasteiger partial charge in [0.2, 0.25) is 0 Å². The van der Waals surface area contributed by atoms with E-state index in [1.165, 1.54) is 6.07 Å². The van der Waals surface area contributed by atoms with Crippen LogP contribution in [-0.4, -0.2) is 16.0 Å². The van der Waals surface area contributed by atoms with E-state index >= 15 is 0 Å². The average molecular weight is 257 g/mol. The van der Waals surface area contributed by atoms with Crippen LogP contribution in [0.15, 0.2) is 42.5 Å². The molecule has 0 aliphatic heterocycles. The second-order valence-corrected chi connectivity index (χ2v) is 4.09. The highest BCUT2D eigenvalue weighted by molar-refractivity contribution is 5.93. The second-order valence-electron chi connectivity index (χ2n) is 4.09. The normalized spacial score (nSPS) is 10.2. The summed E-state index contributed by atoms with van der Waals surface area (Å²) < 4.78 is 0. The Kier molecular flexibility index (Phi) is 3.29. The van der Waals surface area contributed by atoms with Gasteiger partial charge in [-0.25, -0.2) is 4.79 Å². The molecule has 0 aliphatic rings. The van der Waals surface area contributed by atoms with E-state index in [0.29, 0.717) is 11.1 Å². The fourth-order valence-corrected chi connectivity index (χ4v) is 1.94. The van der Waals surface area contributed by atoms with Gasteiger partial charge in [-0.3, -0.25) is 10.1 Å². The molecule has 0 fully saturated rings. The lowest BCUT2D eigenvalue weighted by Crippen LogP contribution is -2.03. The van der Waals surface area contributed by atoms with E-state index < -0.39 is 10.9 Å². The Hall–Kier alpha value is -2.69. The van der Waals surface area contributed by atoms with Crippen LogP contribution >= 0.6 is 0 Å². The van der Waals surface area contributed by atoms with Crippen LogP contribution in [0, 0.1) is 17.0 Å². The molecule has 0 saturated carbocycles. The van der Waals surface area contributed by atoms with E-state index in [9.17, 15) is 14.9 Å². The number of rotatable bonds is 3. The Balaban J connectivity index is 2.73. The first kappa shape index (κ1) is 12.8. The SMILES string of the molecule is Cc1c(C(=O)O)cc([N+](=O)[O-])cc1-c1ccccc1. The van der Waals surface area contributed by atoms with Crippen LogP contribution in [0.1, 0.15) is 15.9 Å². The van der Waals surface area contributed by atoms with E-state index in [4.69, 9.17) is 5.11 Å². The molecule has 96 valence electrons. The third kappa shape index (κ3) is 2.44. The molecule has 2 aromatic rings. The van der Waals surface area contributed by atoms with Crippen molar-refractivity contribution in [2.75, 3.05) is 0 Å². The number of carbonyl (C=O) groups is 1. The van der Waals surface area contributed by atoms with Crippen molar-refractivity contribution in [2.24, 2.45) is 0 Å². The Morgan fingerprint density at radius 1 is 1.21 bits per heavy atom. The number of carboxylic acid groups (broad SMARTS) is 1. The molecule has 0 saturated heterocycles. The summed E-state index contributed by atoms with van der Waals surface area (Å²) in [7, 11) is 0. The first-order chi connectivity index (χ1) is 9.00. The number of carboxylic acids is 1. The van der Waals surface area contributed by atoms with Crippen LogP contribution in [0.4, 0.5) is 5.69 Å². The summed E-state index contributed by atoms with van der Waals surface area (Å²) in [4.78, 5) is 21.5. The van der Waals surface area contributed by atoms with Gasteiger partial charge in [0.15, 0.2) is 0 Å². The average Bonchev–Trinajstić information content (AvgIpc) is 2.39. The van der Waals surface area contributed by atoms with Crippen LogP contribution in [0.3, 0.4) is 0 Å². The molecule has 0 amide bonds. The maximum absolute atomic E-state index is 11.2. The zero-order valence-electron chi connectivity index (χ0n) is 10.2. The lowest BCUT2D eigenvalue weighted by Gasteiger charge is -2.09. The monoisotopic (exact) mass is 257 g/mol. The minimum Gasteiger partial charge on any atom is -0.478 e. The molecule has 2 aromatic carbocycles. The van der Waals surface area contributed by atoms with Crippen LogP contribution in [-0.2, 0) is 0 Å². The molecule has 19 heavy (non-hydrogen) atoms. The topological polar surface area (TPSA) is 80.4 Å². The zero-order chi connectivity index (χ0) is 14.0. The van der Waals surface area contributed by atoms with E-state index in [2.05, 4.69) is 0 Å². The highest BCUT2D eigenvalue weighted by Gasteiger charge is 2.18. The summed E-state index contributed by atoms with van der Waals surface area (Å²) in [5.41, 5.74) is 1.57. The summed E-state index contributed by atoms with van der Waals surface area (Å²) in [6.45, 7) is 1.65. The Morgan fingerprint density at radius 3 is 2.37 bits per heavy atom. The largest absolute Gasteiger partial charge is 0.478 e. The predicted octanol–water partition coefficient (Wildman–Crippen LogP) is 3.27. The van der Waals surface area contributed by atoms with Gasteiger partial charge < -0.3 is 5.11 Å². The number of nitro groups is 1. The first-order valence-corrected chi connectivity index (χ1v) is 5.58. The first-order valence-electron chi connectivity index (χ1n) is 5.58. The second kappa shape index (κ2) is 4.89. The molecule has 5 nitrogen and oxygen atoms in total. The number of hydrogen-bond donors (Lipinski definition) is 1. The number of non-ortho nitro benzene ring substituents is 1. The molecule has 0 spiro atoms. The van der Waals surface area contributed by atoms with Crippen molar-refractivity contribution in [3.63, 3.8) is 0 Å². The van der Waals surface area contributed by atoms with E-state index in [1.54, 1.807) is 31.2 Å². The number of hydrogen-bond acceptors (Lipinski definition) is 3. The van der Waals surface area contributed by atoms with Gasteiger partial charge in [0.05, 0.1) is 10.5 Å². The summed E-state index contributed by atoms with van der Waals surface area (Å²) in [6.07, 6.45) is 0. The van der Waals surface area contributed by atoms with Gasteiger partial charge in [-0.1, -0.05) is 30.3 Å². The minimum atomic E-state index is -1.17. The van der Waals surface area contributed by atoms with Gasteiger partial charge >= 0.3 is 5.97 Å². The third-order valence-electron chi connectivity index (χ3n) is 2.92. The molecule has 0 bridgehead atoms.